The van der Waals surface area contributed by atoms with Gasteiger partial charge in [0.1, 0.15) is 0 Å². The maximum Gasteiger partial charge on any atom is 0.0721 e. The van der Waals surface area contributed by atoms with Crippen molar-refractivity contribution in [1.29, 1.82) is 0 Å². The summed E-state index contributed by atoms with van der Waals surface area (Å²) in [6.07, 6.45) is 7.31. The lowest BCUT2D eigenvalue weighted by molar-refractivity contribution is 0.0454. The molecule has 1 aliphatic carbocycles. The first-order valence-corrected chi connectivity index (χ1v) is 5.64. The summed E-state index contributed by atoms with van der Waals surface area (Å²) in [7, 11) is 0. The molecular formula is C11H21NO. The van der Waals surface area contributed by atoms with Gasteiger partial charge in [-0.1, -0.05) is 19.3 Å². The molecule has 0 bridgehead atoms. The van der Waals surface area contributed by atoms with Crippen molar-refractivity contribution in [3.63, 3.8) is 0 Å². The summed E-state index contributed by atoms with van der Waals surface area (Å²) < 4.78 is 0. The van der Waals surface area contributed by atoms with Gasteiger partial charge in [0.15, 0.2) is 0 Å². The second-order valence-corrected chi connectivity index (χ2v) is 5.00. The molecule has 2 fully saturated rings. The molecule has 2 aliphatic rings. The van der Waals surface area contributed by atoms with Crippen molar-refractivity contribution in [2.45, 2.75) is 57.1 Å². The summed E-state index contributed by atoms with van der Waals surface area (Å²) in [4.78, 5) is 0. The van der Waals surface area contributed by atoms with Gasteiger partial charge in [0.2, 0.25) is 0 Å². The van der Waals surface area contributed by atoms with Crippen molar-refractivity contribution >= 4 is 0 Å². The number of aliphatic hydroxyl groups is 1. The van der Waals surface area contributed by atoms with Gasteiger partial charge in [-0.25, -0.2) is 0 Å². The molecule has 0 aromatic heterocycles. The van der Waals surface area contributed by atoms with Gasteiger partial charge in [-0.3, -0.25) is 0 Å². The molecule has 2 nitrogen and oxygen atoms in total. The molecule has 13 heavy (non-hydrogen) atoms. The highest BCUT2D eigenvalue weighted by Crippen LogP contribution is 2.34. The van der Waals surface area contributed by atoms with E-state index in [2.05, 4.69) is 12.2 Å². The molecule has 2 unspecified atom stereocenters. The van der Waals surface area contributed by atoms with Crippen molar-refractivity contribution in [2.75, 3.05) is 6.54 Å². The lowest BCUT2D eigenvalue weighted by atomic mass is 9.77. The van der Waals surface area contributed by atoms with Crippen molar-refractivity contribution in [3.8, 4) is 0 Å². The summed E-state index contributed by atoms with van der Waals surface area (Å²) in [6, 6.07) is 0. The van der Waals surface area contributed by atoms with Gasteiger partial charge in [0.25, 0.3) is 0 Å². The molecule has 1 aliphatic heterocycles. The van der Waals surface area contributed by atoms with E-state index in [0.717, 1.165) is 25.3 Å². The number of nitrogens with one attached hydrogen (secondary N) is 1. The van der Waals surface area contributed by atoms with E-state index in [0.29, 0.717) is 0 Å². The smallest absolute Gasteiger partial charge is 0.0721 e. The van der Waals surface area contributed by atoms with Gasteiger partial charge < -0.3 is 10.4 Å². The van der Waals surface area contributed by atoms with E-state index in [4.69, 9.17) is 0 Å². The van der Waals surface area contributed by atoms with Gasteiger partial charge >= 0.3 is 0 Å². The Labute approximate surface area is 80.7 Å². The van der Waals surface area contributed by atoms with E-state index in [-0.39, 0.29) is 11.6 Å². The molecule has 0 radical (unpaired) electrons. The van der Waals surface area contributed by atoms with Crippen molar-refractivity contribution < 1.29 is 5.11 Å². The van der Waals surface area contributed by atoms with Crippen molar-refractivity contribution in [3.05, 3.63) is 0 Å². The topological polar surface area (TPSA) is 32.3 Å². The quantitative estimate of drug-likeness (QED) is 0.697. The molecule has 1 saturated heterocycles. The average Bonchev–Trinajstić information content (AvgIpc) is 2.45. The minimum Gasteiger partial charge on any atom is -0.391 e. The standard InChI is InChI=1S/C11H21NO/c1-11(6-3-7-12-11)10(13)8-9-4-2-5-9/h9-10,12-13H,2-8H2,1H3. The van der Waals surface area contributed by atoms with Crippen LogP contribution < -0.4 is 5.32 Å². The van der Waals surface area contributed by atoms with Crippen LogP contribution in [0.15, 0.2) is 0 Å². The number of hydrogen-bond acceptors (Lipinski definition) is 2. The van der Waals surface area contributed by atoms with Crippen LogP contribution in [0, 0.1) is 5.92 Å². The van der Waals surface area contributed by atoms with Gasteiger partial charge in [-0.2, -0.15) is 0 Å². The molecule has 1 heterocycles. The Bertz CT molecular complexity index is 171. The van der Waals surface area contributed by atoms with E-state index < -0.39 is 0 Å². The predicted molar refractivity (Wildman–Crippen MR) is 53.6 cm³/mol. The van der Waals surface area contributed by atoms with Crippen LogP contribution in [0.5, 0.6) is 0 Å². The molecule has 76 valence electrons. The van der Waals surface area contributed by atoms with Crippen molar-refractivity contribution in [2.24, 2.45) is 5.92 Å². The van der Waals surface area contributed by atoms with E-state index in [1.165, 1.54) is 25.7 Å². The Morgan fingerprint density at radius 3 is 2.69 bits per heavy atom. The second-order valence-electron chi connectivity index (χ2n) is 5.00. The van der Waals surface area contributed by atoms with E-state index in [9.17, 15) is 5.11 Å². The summed E-state index contributed by atoms with van der Waals surface area (Å²) in [5.41, 5.74) is 0.0234. The zero-order valence-corrected chi connectivity index (χ0v) is 8.55. The molecule has 0 spiro atoms. The van der Waals surface area contributed by atoms with Gasteiger partial charge in [-0.15, -0.1) is 0 Å². The minimum atomic E-state index is -0.125. The van der Waals surface area contributed by atoms with Crippen LogP contribution in [0.3, 0.4) is 0 Å². The molecule has 1 saturated carbocycles. The second kappa shape index (κ2) is 3.58. The third-order valence-electron chi connectivity index (χ3n) is 3.92. The zero-order valence-electron chi connectivity index (χ0n) is 8.55. The monoisotopic (exact) mass is 183 g/mol. The fourth-order valence-electron chi connectivity index (χ4n) is 2.51. The summed E-state index contributed by atoms with van der Waals surface area (Å²) >= 11 is 0. The van der Waals surface area contributed by atoms with Crippen LogP contribution in [0.1, 0.15) is 45.4 Å². The van der Waals surface area contributed by atoms with Gasteiger partial charge in [0.05, 0.1) is 6.10 Å². The van der Waals surface area contributed by atoms with Gasteiger partial charge in [-0.05, 0) is 38.6 Å². The molecule has 0 aromatic carbocycles. The molecule has 2 heteroatoms. The van der Waals surface area contributed by atoms with Crippen LogP contribution in [0.25, 0.3) is 0 Å². The lowest BCUT2D eigenvalue weighted by Gasteiger charge is -2.35. The van der Waals surface area contributed by atoms with Gasteiger partial charge in [0, 0.05) is 5.54 Å². The fourth-order valence-corrected chi connectivity index (χ4v) is 2.51. The van der Waals surface area contributed by atoms with Crippen LogP contribution in [0.2, 0.25) is 0 Å². The Hall–Kier alpha value is -0.0800. The first kappa shape index (κ1) is 9.47. The van der Waals surface area contributed by atoms with Crippen LogP contribution >= 0.6 is 0 Å². The van der Waals surface area contributed by atoms with Crippen LogP contribution in [-0.4, -0.2) is 23.3 Å². The third-order valence-corrected chi connectivity index (χ3v) is 3.92. The highest BCUT2D eigenvalue weighted by molar-refractivity contribution is 4.96. The minimum absolute atomic E-state index is 0.0234. The molecule has 0 amide bonds. The summed E-state index contributed by atoms with van der Waals surface area (Å²) in [6.45, 7) is 3.25. The number of hydrogen-bond donors (Lipinski definition) is 2. The summed E-state index contributed by atoms with van der Waals surface area (Å²) in [5, 5.41) is 13.5. The number of rotatable bonds is 3. The largest absolute Gasteiger partial charge is 0.391 e. The van der Waals surface area contributed by atoms with E-state index >= 15 is 0 Å². The third kappa shape index (κ3) is 1.89. The predicted octanol–water partition coefficient (Wildman–Crippen LogP) is 1.68. The SMILES string of the molecule is CC1(C(O)CC2CCC2)CCCN1. The Kier molecular flexibility index (Phi) is 2.61. The molecule has 0 aromatic rings. The van der Waals surface area contributed by atoms with E-state index in [1.54, 1.807) is 0 Å². The number of aliphatic hydroxyl groups excluding tert-OH is 1. The highest BCUT2D eigenvalue weighted by Gasteiger charge is 2.37. The maximum absolute atomic E-state index is 10.1. The molecule has 2 N–H and O–H groups in total. The summed E-state index contributed by atoms with van der Waals surface area (Å²) in [5.74, 6) is 0.814. The Morgan fingerprint density at radius 2 is 2.23 bits per heavy atom. The van der Waals surface area contributed by atoms with Crippen LogP contribution in [0.4, 0.5) is 0 Å². The molecule has 2 atom stereocenters. The highest BCUT2D eigenvalue weighted by atomic mass is 16.3. The van der Waals surface area contributed by atoms with Crippen molar-refractivity contribution in [1.82, 2.24) is 5.32 Å². The Morgan fingerprint density at radius 1 is 1.46 bits per heavy atom. The van der Waals surface area contributed by atoms with E-state index in [1.807, 2.05) is 0 Å². The lowest BCUT2D eigenvalue weighted by Crippen LogP contribution is -2.48. The first-order chi connectivity index (χ1) is 6.21. The fraction of sp³-hybridized carbons (Fsp3) is 1.00. The zero-order chi connectivity index (χ0) is 9.31. The first-order valence-electron chi connectivity index (χ1n) is 5.64. The molecule has 2 rings (SSSR count). The Balaban J connectivity index is 1.83. The average molecular weight is 183 g/mol. The maximum atomic E-state index is 10.1. The van der Waals surface area contributed by atoms with Crippen LogP contribution in [-0.2, 0) is 0 Å². The molecular weight excluding hydrogens is 162 g/mol. The normalized spacial score (nSPS) is 37.4.